The van der Waals surface area contributed by atoms with E-state index in [1.807, 2.05) is 13.2 Å². The van der Waals surface area contributed by atoms with Crippen molar-refractivity contribution in [2.75, 3.05) is 24.7 Å². The van der Waals surface area contributed by atoms with Gasteiger partial charge in [-0.05, 0) is 12.8 Å². The number of piperidine rings is 1. The summed E-state index contributed by atoms with van der Waals surface area (Å²) in [5.41, 5.74) is 0.656. The van der Waals surface area contributed by atoms with Gasteiger partial charge in [-0.15, -0.1) is 0 Å². The van der Waals surface area contributed by atoms with Crippen molar-refractivity contribution >= 4 is 26.9 Å². The van der Waals surface area contributed by atoms with E-state index in [1.165, 1.54) is 16.9 Å². The molecule has 1 aliphatic rings. The van der Waals surface area contributed by atoms with Gasteiger partial charge in [-0.1, -0.05) is 0 Å². The van der Waals surface area contributed by atoms with Crippen molar-refractivity contribution in [1.29, 1.82) is 0 Å². The topological polar surface area (TPSA) is 93.0 Å². The zero-order valence-electron chi connectivity index (χ0n) is 12.0. The van der Waals surface area contributed by atoms with E-state index in [1.54, 1.807) is 4.68 Å². The predicted octanol–water partition coefficient (Wildman–Crippen LogP) is 0.199. The summed E-state index contributed by atoms with van der Waals surface area (Å²) in [6.45, 7) is 1.08. The highest BCUT2D eigenvalue weighted by atomic mass is 32.2. The normalized spacial score (nSPS) is 18.2. The number of hydrogen-bond acceptors (Lipinski definition) is 6. The van der Waals surface area contributed by atoms with Gasteiger partial charge in [-0.3, -0.25) is 4.68 Å². The van der Waals surface area contributed by atoms with Crippen molar-refractivity contribution in [1.82, 2.24) is 24.1 Å². The first-order chi connectivity index (χ1) is 9.93. The van der Waals surface area contributed by atoms with Crippen LogP contribution in [0.25, 0.3) is 11.0 Å². The quantitative estimate of drug-likeness (QED) is 0.870. The molecule has 0 unspecified atom stereocenters. The highest BCUT2D eigenvalue weighted by Crippen LogP contribution is 2.22. The lowest BCUT2D eigenvalue weighted by atomic mass is 10.1. The molecule has 0 atom stereocenters. The van der Waals surface area contributed by atoms with Gasteiger partial charge in [0.1, 0.15) is 12.1 Å². The molecule has 1 saturated heterocycles. The van der Waals surface area contributed by atoms with E-state index in [4.69, 9.17) is 0 Å². The van der Waals surface area contributed by atoms with Crippen LogP contribution in [0.15, 0.2) is 12.5 Å². The van der Waals surface area contributed by atoms with Crippen molar-refractivity contribution in [2.45, 2.75) is 18.9 Å². The summed E-state index contributed by atoms with van der Waals surface area (Å²) in [5, 5.41) is 8.51. The monoisotopic (exact) mass is 310 g/mol. The Bertz CT molecular complexity index is 748. The molecule has 1 aliphatic heterocycles. The Morgan fingerprint density at radius 3 is 2.67 bits per heavy atom. The Morgan fingerprint density at radius 1 is 1.29 bits per heavy atom. The summed E-state index contributed by atoms with van der Waals surface area (Å²) in [5.74, 6) is 0.755. The first-order valence-corrected chi connectivity index (χ1v) is 8.64. The highest BCUT2D eigenvalue weighted by molar-refractivity contribution is 7.88. The summed E-state index contributed by atoms with van der Waals surface area (Å²) in [6.07, 6.45) is 6.15. The van der Waals surface area contributed by atoms with Crippen molar-refractivity contribution in [3.63, 3.8) is 0 Å². The van der Waals surface area contributed by atoms with Gasteiger partial charge in [0.25, 0.3) is 0 Å². The molecule has 8 nitrogen and oxygen atoms in total. The molecule has 0 saturated carbocycles. The van der Waals surface area contributed by atoms with Gasteiger partial charge < -0.3 is 5.32 Å². The molecule has 1 N–H and O–H groups in total. The molecular formula is C12H18N6O2S. The third kappa shape index (κ3) is 2.98. The van der Waals surface area contributed by atoms with Crippen LogP contribution < -0.4 is 5.32 Å². The van der Waals surface area contributed by atoms with E-state index in [-0.39, 0.29) is 6.04 Å². The Morgan fingerprint density at radius 2 is 2.00 bits per heavy atom. The Labute approximate surface area is 123 Å². The third-order valence-corrected chi connectivity index (χ3v) is 5.00. The molecule has 0 spiro atoms. The number of aromatic nitrogens is 4. The van der Waals surface area contributed by atoms with Gasteiger partial charge in [0, 0.05) is 32.4 Å². The summed E-state index contributed by atoms with van der Waals surface area (Å²) < 4.78 is 26.2. The van der Waals surface area contributed by atoms with Gasteiger partial charge in [-0.2, -0.15) is 5.10 Å². The lowest BCUT2D eigenvalue weighted by molar-refractivity contribution is 0.331. The van der Waals surface area contributed by atoms with Crippen LogP contribution >= 0.6 is 0 Å². The molecule has 0 radical (unpaired) electrons. The zero-order chi connectivity index (χ0) is 15.0. The van der Waals surface area contributed by atoms with Crippen LogP contribution in [-0.2, 0) is 17.1 Å². The molecule has 3 rings (SSSR count). The van der Waals surface area contributed by atoms with E-state index >= 15 is 0 Å². The maximum atomic E-state index is 11.5. The number of hydrogen-bond donors (Lipinski definition) is 1. The minimum atomic E-state index is -3.09. The number of nitrogens with one attached hydrogen (secondary N) is 1. The Kier molecular flexibility index (Phi) is 3.54. The molecule has 9 heteroatoms. The summed E-state index contributed by atoms with van der Waals surface area (Å²) in [7, 11) is -1.24. The smallest absolute Gasteiger partial charge is 0.211 e. The number of nitrogens with zero attached hydrogens (tertiary/aromatic N) is 5. The molecule has 114 valence electrons. The van der Waals surface area contributed by atoms with Crippen LogP contribution in [0, 0.1) is 0 Å². The molecule has 3 heterocycles. The van der Waals surface area contributed by atoms with Crippen LogP contribution in [0.5, 0.6) is 0 Å². The van der Waals surface area contributed by atoms with Crippen LogP contribution in [-0.4, -0.2) is 57.9 Å². The Balaban J connectivity index is 1.73. The minimum Gasteiger partial charge on any atom is -0.367 e. The second kappa shape index (κ2) is 5.23. The van der Waals surface area contributed by atoms with E-state index in [2.05, 4.69) is 20.4 Å². The SMILES string of the molecule is Cn1cc2c(NC3CCN(S(C)(=O)=O)CC3)ncnc2n1. The first kappa shape index (κ1) is 14.2. The molecular weight excluding hydrogens is 292 g/mol. The molecule has 0 aromatic carbocycles. The second-order valence-corrected chi connectivity index (χ2v) is 7.33. The fourth-order valence-electron chi connectivity index (χ4n) is 2.59. The molecule has 21 heavy (non-hydrogen) atoms. The van der Waals surface area contributed by atoms with Crippen LogP contribution in [0.3, 0.4) is 0 Å². The molecule has 0 aliphatic carbocycles. The van der Waals surface area contributed by atoms with Gasteiger partial charge in [0.05, 0.1) is 11.6 Å². The van der Waals surface area contributed by atoms with Crippen LogP contribution in [0.1, 0.15) is 12.8 Å². The number of fused-ring (bicyclic) bond motifs is 1. The summed E-state index contributed by atoms with van der Waals surface area (Å²) in [4.78, 5) is 8.40. The average molecular weight is 310 g/mol. The van der Waals surface area contributed by atoms with Crippen LogP contribution in [0.4, 0.5) is 5.82 Å². The highest BCUT2D eigenvalue weighted by Gasteiger charge is 2.25. The molecule has 0 amide bonds. The van der Waals surface area contributed by atoms with Crippen molar-refractivity contribution in [3.8, 4) is 0 Å². The van der Waals surface area contributed by atoms with Crippen molar-refractivity contribution in [2.24, 2.45) is 7.05 Å². The largest absolute Gasteiger partial charge is 0.367 e. The Hall–Kier alpha value is -1.74. The summed E-state index contributed by atoms with van der Waals surface area (Å²) >= 11 is 0. The van der Waals surface area contributed by atoms with Crippen LogP contribution in [0.2, 0.25) is 0 Å². The standard InChI is InChI=1S/C12H18N6O2S/c1-17-7-10-11(13-8-14-12(10)16-17)15-9-3-5-18(6-4-9)21(2,19)20/h7-9H,3-6H2,1-2H3,(H,13,14,15,16). The molecule has 2 aromatic rings. The zero-order valence-corrected chi connectivity index (χ0v) is 12.8. The van der Waals surface area contributed by atoms with Crippen molar-refractivity contribution < 1.29 is 8.42 Å². The number of sulfonamides is 1. The fraction of sp³-hybridized carbons (Fsp3) is 0.583. The molecule has 0 bridgehead atoms. The number of rotatable bonds is 3. The number of anilines is 1. The maximum Gasteiger partial charge on any atom is 0.211 e. The van der Waals surface area contributed by atoms with E-state index in [9.17, 15) is 8.42 Å². The van der Waals surface area contributed by atoms with Gasteiger partial charge >= 0.3 is 0 Å². The molecule has 2 aromatic heterocycles. The average Bonchev–Trinajstić information content (AvgIpc) is 2.80. The van der Waals surface area contributed by atoms with Gasteiger partial charge in [-0.25, -0.2) is 22.7 Å². The second-order valence-electron chi connectivity index (χ2n) is 5.34. The maximum absolute atomic E-state index is 11.5. The molecule has 1 fully saturated rings. The predicted molar refractivity (Wildman–Crippen MR) is 79.4 cm³/mol. The lowest BCUT2D eigenvalue weighted by Crippen LogP contribution is -2.41. The third-order valence-electron chi connectivity index (χ3n) is 3.70. The lowest BCUT2D eigenvalue weighted by Gasteiger charge is -2.30. The van der Waals surface area contributed by atoms with E-state index in [0.29, 0.717) is 18.7 Å². The van der Waals surface area contributed by atoms with Crippen molar-refractivity contribution in [3.05, 3.63) is 12.5 Å². The van der Waals surface area contributed by atoms with E-state index in [0.717, 1.165) is 24.0 Å². The van der Waals surface area contributed by atoms with Gasteiger partial charge in [0.15, 0.2) is 5.65 Å². The van der Waals surface area contributed by atoms with Gasteiger partial charge in [0.2, 0.25) is 10.0 Å². The van der Waals surface area contributed by atoms with E-state index < -0.39 is 10.0 Å². The number of aryl methyl sites for hydroxylation is 1. The summed E-state index contributed by atoms with van der Waals surface area (Å²) in [6, 6.07) is 0.210. The minimum absolute atomic E-state index is 0.210. The fourth-order valence-corrected chi connectivity index (χ4v) is 3.46. The first-order valence-electron chi connectivity index (χ1n) is 6.79.